The van der Waals surface area contributed by atoms with Crippen LogP contribution in [0.4, 0.5) is 5.82 Å². The summed E-state index contributed by atoms with van der Waals surface area (Å²) in [6.07, 6.45) is 2.41. The third-order valence-corrected chi connectivity index (χ3v) is 3.44. The Morgan fingerprint density at radius 2 is 1.95 bits per heavy atom. The van der Waals surface area contributed by atoms with E-state index in [0.29, 0.717) is 12.1 Å². The number of rotatable bonds is 7. The van der Waals surface area contributed by atoms with Crippen LogP contribution in [0.15, 0.2) is 12.1 Å². The SMILES string of the molecule is CCCC(C)N(C)c1cc(CNC(C)C)cc(C)n1. The predicted octanol–water partition coefficient (Wildman–Crippen LogP) is 3.51. The molecule has 0 aromatic carbocycles. The van der Waals surface area contributed by atoms with Gasteiger partial charge in [-0.15, -0.1) is 0 Å². The molecule has 0 amide bonds. The highest BCUT2D eigenvalue weighted by molar-refractivity contribution is 5.42. The highest BCUT2D eigenvalue weighted by Crippen LogP contribution is 2.18. The zero-order valence-corrected chi connectivity index (χ0v) is 13.3. The predicted molar refractivity (Wildman–Crippen MR) is 83.7 cm³/mol. The molecule has 0 saturated carbocycles. The Bertz CT molecular complexity index is 388. The zero-order valence-electron chi connectivity index (χ0n) is 13.3. The van der Waals surface area contributed by atoms with Crippen LogP contribution in [0.25, 0.3) is 0 Å². The summed E-state index contributed by atoms with van der Waals surface area (Å²) < 4.78 is 0. The van der Waals surface area contributed by atoms with E-state index in [2.05, 4.69) is 69.0 Å². The van der Waals surface area contributed by atoms with Crippen molar-refractivity contribution >= 4 is 5.82 Å². The van der Waals surface area contributed by atoms with Crippen LogP contribution < -0.4 is 10.2 Å². The van der Waals surface area contributed by atoms with Gasteiger partial charge in [-0.1, -0.05) is 27.2 Å². The fourth-order valence-electron chi connectivity index (χ4n) is 2.16. The van der Waals surface area contributed by atoms with Crippen LogP contribution in [0.1, 0.15) is 51.8 Å². The molecule has 19 heavy (non-hydrogen) atoms. The van der Waals surface area contributed by atoms with Crippen LogP contribution in [-0.4, -0.2) is 24.1 Å². The molecule has 1 atom stereocenters. The van der Waals surface area contributed by atoms with Crippen LogP contribution in [0.3, 0.4) is 0 Å². The lowest BCUT2D eigenvalue weighted by molar-refractivity contribution is 0.586. The minimum absolute atomic E-state index is 0.508. The molecule has 108 valence electrons. The summed E-state index contributed by atoms with van der Waals surface area (Å²) in [7, 11) is 2.14. The summed E-state index contributed by atoms with van der Waals surface area (Å²) in [4.78, 5) is 6.95. The number of hydrogen-bond donors (Lipinski definition) is 1. The summed E-state index contributed by atoms with van der Waals surface area (Å²) >= 11 is 0. The molecule has 1 rings (SSSR count). The first-order valence-electron chi connectivity index (χ1n) is 7.37. The second kappa shape index (κ2) is 7.49. The third-order valence-electron chi connectivity index (χ3n) is 3.44. The van der Waals surface area contributed by atoms with Gasteiger partial charge < -0.3 is 10.2 Å². The Balaban J connectivity index is 2.83. The lowest BCUT2D eigenvalue weighted by Crippen LogP contribution is -2.30. The van der Waals surface area contributed by atoms with Gasteiger partial charge in [-0.2, -0.15) is 0 Å². The lowest BCUT2D eigenvalue weighted by atomic mass is 10.1. The van der Waals surface area contributed by atoms with Gasteiger partial charge in [0.1, 0.15) is 5.82 Å². The number of nitrogens with one attached hydrogen (secondary N) is 1. The molecule has 1 unspecified atom stereocenters. The van der Waals surface area contributed by atoms with E-state index in [0.717, 1.165) is 18.1 Å². The van der Waals surface area contributed by atoms with E-state index in [1.807, 2.05) is 0 Å². The van der Waals surface area contributed by atoms with E-state index < -0.39 is 0 Å². The van der Waals surface area contributed by atoms with Crippen molar-refractivity contribution in [1.29, 1.82) is 0 Å². The maximum absolute atomic E-state index is 4.66. The van der Waals surface area contributed by atoms with Gasteiger partial charge in [0.05, 0.1) is 0 Å². The lowest BCUT2D eigenvalue weighted by Gasteiger charge is -2.26. The van der Waals surface area contributed by atoms with Crippen LogP contribution in [0.5, 0.6) is 0 Å². The first kappa shape index (κ1) is 16.0. The minimum Gasteiger partial charge on any atom is -0.357 e. The maximum atomic E-state index is 4.66. The van der Waals surface area contributed by atoms with Gasteiger partial charge in [-0.3, -0.25) is 0 Å². The minimum atomic E-state index is 0.508. The first-order chi connectivity index (χ1) is 8.93. The third kappa shape index (κ3) is 5.19. The van der Waals surface area contributed by atoms with Crippen molar-refractivity contribution < 1.29 is 0 Å². The molecule has 0 aliphatic carbocycles. The standard InChI is InChI=1S/C16H29N3/c1-7-8-14(5)19(6)16-10-15(9-13(4)18-16)11-17-12(2)3/h9-10,12,14,17H,7-8,11H2,1-6H3. The van der Waals surface area contributed by atoms with Crippen molar-refractivity contribution in [1.82, 2.24) is 10.3 Å². The second-order valence-electron chi connectivity index (χ2n) is 5.76. The molecule has 0 aliphatic heterocycles. The molecule has 0 saturated heterocycles. The second-order valence-corrected chi connectivity index (χ2v) is 5.76. The van der Waals surface area contributed by atoms with Gasteiger partial charge in [0.15, 0.2) is 0 Å². The van der Waals surface area contributed by atoms with Gasteiger partial charge in [-0.25, -0.2) is 4.98 Å². The smallest absolute Gasteiger partial charge is 0.129 e. The van der Waals surface area contributed by atoms with Crippen molar-refractivity contribution in [2.45, 2.75) is 66.1 Å². The Labute approximate surface area is 118 Å². The van der Waals surface area contributed by atoms with Crippen molar-refractivity contribution in [3.63, 3.8) is 0 Å². The number of nitrogens with zero attached hydrogens (tertiary/aromatic N) is 2. The normalized spacial score (nSPS) is 12.8. The summed E-state index contributed by atoms with van der Waals surface area (Å²) in [6, 6.07) is 5.41. The maximum Gasteiger partial charge on any atom is 0.129 e. The van der Waals surface area contributed by atoms with Gasteiger partial charge >= 0.3 is 0 Å². The highest BCUT2D eigenvalue weighted by Gasteiger charge is 2.11. The average molecular weight is 263 g/mol. The first-order valence-corrected chi connectivity index (χ1v) is 7.37. The van der Waals surface area contributed by atoms with E-state index in [-0.39, 0.29) is 0 Å². The van der Waals surface area contributed by atoms with E-state index in [4.69, 9.17) is 0 Å². The fourth-order valence-corrected chi connectivity index (χ4v) is 2.16. The van der Waals surface area contributed by atoms with E-state index in [1.165, 1.54) is 18.4 Å². The topological polar surface area (TPSA) is 28.2 Å². The molecule has 1 aromatic heterocycles. The van der Waals surface area contributed by atoms with Crippen molar-refractivity contribution in [2.24, 2.45) is 0 Å². The monoisotopic (exact) mass is 263 g/mol. The van der Waals surface area contributed by atoms with Crippen LogP contribution >= 0.6 is 0 Å². The molecule has 3 nitrogen and oxygen atoms in total. The number of hydrogen-bond acceptors (Lipinski definition) is 3. The largest absolute Gasteiger partial charge is 0.357 e. The molecule has 0 spiro atoms. The number of aryl methyl sites for hydroxylation is 1. The molecule has 1 heterocycles. The van der Waals surface area contributed by atoms with Crippen LogP contribution in [0, 0.1) is 6.92 Å². The summed E-state index contributed by atoms with van der Waals surface area (Å²) in [6.45, 7) is 11.8. The number of pyridine rings is 1. The van der Waals surface area contributed by atoms with Gasteiger partial charge in [0, 0.05) is 31.4 Å². The van der Waals surface area contributed by atoms with Gasteiger partial charge in [0.25, 0.3) is 0 Å². The zero-order chi connectivity index (χ0) is 14.4. The Morgan fingerprint density at radius 1 is 1.26 bits per heavy atom. The molecular weight excluding hydrogens is 234 g/mol. The quantitative estimate of drug-likeness (QED) is 0.816. The van der Waals surface area contributed by atoms with Crippen molar-refractivity contribution in [2.75, 3.05) is 11.9 Å². The van der Waals surface area contributed by atoms with Gasteiger partial charge in [-0.05, 0) is 38.0 Å². The van der Waals surface area contributed by atoms with E-state index >= 15 is 0 Å². The Hall–Kier alpha value is -1.09. The molecule has 0 aliphatic rings. The van der Waals surface area contributed by atoms with E-state index in [9.17, 15) is 0 Å². The van der Waals surface area contributed by atoms with Crippen LogP contribution in [0.2, 0.25) is 0 Å². The molecule has 1 aromatic rings. The Morgan fingerprint density at radius 3 is 2.53 bits per heavy atom. The average Bonchev–Trinajstić information content (AvgIpc) is 2.35. The molecule has 0 bridgehead atoms. The molecule has 1 N–H and O–H groups in total. The number of aromatic nitrogens is 1. The fraction of sp³-hybridized carbons (Fsp3) is 0.688. The van der Waals surface area contributed by atoms with Crippen LogP contribution in [-0.2, 0) is 6.54 Å². The molecule has 3 heteroatoms. The number of anilines is 1. The summed E-state index contributed by atoms with van der Waals surface area (Å²) in [5, 5.41) is 3.46. The molecule has 0 fully saturated rings. The van der Waals surface area contributed by atoms with Crippen molar-refractivity contribution in [3.05, 3.63) is 23.4 Å². The molecule has 0 radical (unpaired) electrons. The Kier molecular flexibility index (Phi) is 6.29. The summed E-state index contributed by atoms with van der Waals surface area (Å²) in [5.74, 6) is 1.08. The highest BCUT2D eigenvalue weighted by atomic mass is 15.2. The molecular formula is C16H29N3. The van der Waals surface area contributed by atoms with Crippen molar-refractivity contribution in [3.8, 4) is 0 Å². The van der Waals surface area contributed by atoms with Gasteiger partial charge in [0.2, 0.25) is 0 Å². The summed E-state index contributed by atoms with van der Waals surface area (Å²) in [5.41, 5.74) is 2.40. The van der Waals surface area contributed by atoms with E-state index in [1.54, 1.807) is 0 Å².